The van der Waals surface area contributed by atoms with E-state index in [1.54, 1.807) is 6.92 Å². The molecule has 0 saturated heterocycles. The van der Waals surface area contributed by atoms with Crippen LogP contribution in [-0.2, 0) is 39.1 Å². The van der Waals surface area contributed by atoms with Gasteiger partial charge in [-0.2, -0.15) is 0 Å². The maximum absolute atomic E-state index is 13.6. The van der Waals surface area contributed by atoms with Crippen LogP contribution in [0.5, 0.6) is 0 Å². The molecule has 0 N–H and O–H groups in total. The fourth-order valence-electron chi connectivity index (χ4n) is 1.73. The van der Waals surface area contributed by atoms with Gasteiger partial charge in [0.1, 0.15) is 0 Å². The number of rotatable bonds is 0. The molecule has 0 heterocycles. The van der Waals surface area contributed by atoms with E-state index in [1.807, 2.05) is 32.0 Å². The van der Waals surface area contributed by atoms with Crippen molar-refractivity contribution in [2.24, 2.45) is 0 Å². The average molecular weight is 322 g/mol. The van der Waals surface area contributed by atoms with Gasteiger partial charge in [0.25, 0.3) is 0 Å². The van der Waals surface area contributed by atoms with E-state index in [0.717, 1.165) is 18.4 Å². The Kier molecular flexibility index (Phi) is 10.9. The van der Waals surface area contributed by atoms with Crippen molar-refractivity contribution >= 4 is 0 Å². The zero-order valence-electron chi connectivity index (χ0n) is 11.9. The molecule has 1 aliphatic rings. The first-order valence-electron chi connectivity index (χ1n) is 5.97. The Bertz CT molecular complexity index is 399. The molecule has 1 unspecified atom stereocenters. The molecule has 1 radical (unpaired) electrons. The van der Waals surface area contributed by atoms with Gasteiger partial charge in [-0.3, -0.25) is 0 Å². The molecule has 97 valence electrons. The van der Waals surface area contributed by atoms with Crippen LogP contribution >= 0.6 is 0 Å². The van der Waals surface area contributed by atoms with E-state index in [9.17, 15) is 4.39 Å². The van der Waals surface area contributed by atoms with Crippen LogP contribution in [0.1, 0.15) is 44.7 Å². The van der Waals surface area contributed by atoms with E-state index in [4.69, 9.17) is 0 Å². The summed E-state index contributed by atoms with van der Waals surface area (Å²) in [4.78, 5) is 0. The molecule has 2 heteroatoms. The van der Waals surface area contributed by atoms with Gasteiger partial charge >= 0.3 is 0 Å². The Labute approximate surface area is 137 Å². The second-order valence-electron chi connectivity index (χ2n) is 3.96. The van der Waals surface area contributed by atoms with Crippen LogP contribution in [0.15, 0.2) is 24.3 Å². The van der Waals surface area contributed by atoms with E-state index in [-0.39, 0.29) is 40.1 Å². The van der Waals surface area contributed by atoms with Gasteiger partial charge in [0.05, 0.1) is 0 Å². The maximum atomic E-state index is 13.6. The predicted molar refractivity (Wildman–Crippen MR) is 73.5 cm³/mol. The first-order chi connectivity index (χ1) is 7.67. The molecule has 1 aliphatic carbocycles. The third-order valence-corrected chi connectivity index (χ3v) is 2.57. The largest absolute Gasteiger partial charge is 0.358 e. The van der Waals surface area contributed by atoms with Crippen molar-refractivity contribution < 1.29 is 37.1 Å². The summed E-state index contributed by atoms with van der Waals surface area (Å²) < 4.78 is 13.6. The van der Waals surface area contributed by atoms with E-state index >= 15 is 0 Å². The number of hydrogen-bond donors (Lipinski definition) is 0. The Balaban J connectivity index is 0. The number of alkyl halides is 1. The molecule has 0 aliphatic heterocycles. The molecule has 0 bridgehead atoms. The van der Waals surface area contributed by atoms with E-state index in [2.05, 4.69) is 17.9 Å². The number of halogens is 1. The van der Waals surface area contributed by atoms with E-state index in [0.29, 0.717) is 6.42 Å². The van der Waals surface area contributed by atoms with Crippen LogP contribution in [-0.4, -0.2) is 5.67 Å². The van der Waals surface area contributed by atoms with Gasteiger partial charge in [-0.05, 0) is 37.8 Å². The van der Waals surface area contributed by atoms with Crippen molar-refractivity contribution in [2.75, 3.05) is 0 Å². The van der Waals surface area contributed by atoms with Crippen LogP contribution in [0.25, 0.3) is 0 Å². The number of hydrogen-bond acceptors (Lipinski definition) is 0. The molecule has 1 aromatic carbocycles. The van der Waals surface area contributed by atoms with Gasteiger partial charge in [0, 0.05) is 38.3 Å². The molecule has 18 heavy (non-hydrogen) atoms. The summed E-state index contributed by atoms with van der Waals surface area (Å²) in [6, 6.07) is 8.00. The molecule has 1 atom stereocenters. The van der Waals surface area contributed by atoms with Crippen LogP contribution < -0.4 is 0 Å². The number of aryl methyl sites for hydroxylation is 1. The second-order valence-corrected chi connectivity index (χ2v) is 3.96. The minimum absolute atomic E-state index is 0. The summed E-state index contributed by atoms with van der Waals surface area (Å²) in [7, 11) is 0. The summed E-state index contributed by atoms with van der Waals surface area (Å²) in [6.07, 6.45) is 2.34. The summed E-state index contributed by atoms with van der Waals surface area (Å²) in [5.41, 5.74) is 0.916. The summed E-state index contributed by atoms with van der Waals surface area (Å²) in [6.45, 7) is 5.56. The van der Waals surface area contributed by atoms with Gasteiger partial charge in [0.15, 0.2) is 5.67 Å². The van der Waals surface area contributed by atoms with Gasteiger partial charge in [-0.15, -0.1) is 0 Å². The predicted octanol–water partition coefficient (Wildman–Crippen LogP) is 4.58. The van der Waals surface area contributed by atoms with Crippen LogP contribution in [0.4, 0.5) is 4.39 Å². The molecule has 0 aromatic heterocycles. The molecular formula is C16H22FY-. The average Bonchev–Trinajstić information content (AvgIpc) is 2.28. The molecule has 0 saturated carbocycles. The van der Waals surface area contributed by atoms with Gasteiger partial charge < -0.3 is 7.43 Å². The van der Waals surface area contributed by atoms with E-state index in [1.165, 1.54) is 5.56 Å². The maximum Gasteiger partial charge on any atom is 0.168 e. The molecule has 0 fully saturated rings. The molecule has 0 spiro atoms. The second kappa shape index (κ2) is 9.71. The Hall–Kier alpha value is -0.186. The van der Waals surface area contributed by atoms with Crippen molar-refractivity contribution in [3.8, 4) is 11.8 Å². The summed E-state index contributed by atoms with van der Waals surface area (Å²) in [5.74, 6) is 5.63. The minimum Gasteiger partial charge on any atom is -0.358 e. The first-order valence-corrected chi connectivity index (χ1v) is 5.97. The van der Waals surface area contributed by atoms with E-state index < -0.39 is 5.67 Å². The van der Waals surface area contributed by atoms with Crippen LogP contribution in [0.2, 0.25) is 0 Å². The SMILES string of the molecule is CC.CC1(F)C#Cc2ccccc2CCC1.[CH3-].[Y]. The summed E-state index contributed by atoms with van der Waals surface area (Å²) in [5, 5.41) is 0. The molecule has 2 rings (SSSR count). The Morgan fingerprint density at radius 2 is 1.83 bits per heavy atom. The number of benzene rings is 1. The zero-order valence-corrected chi connectivity index (χ0v) is 14.7. The Morgan fingerprint density at radius 3 is 2.50 bits per heavy atom. The smallest absolute Gasteiger partial charge is 0.168 e. The first kappa shape index (κ1) is 20.1. The van der Waals surface area contributed by atoms with Crippen LogP contribution in [0.3, 0.4) is 0 Å². The van der Waals surface area contributed by atoms with Gasteiger partial charge in [0.2, 0.25) is 0 Å². The van der Waals surface area contributed by atoms with Gasteiger partial charge in [-0.1, -0.05) is 43.9 Å². The zero-order chi connectivity index (χ0) is 12.0. The fraction of sp³-hybridized carbons (Fsp3) is 0.438. The van der Waals surface area contributed by atoms with Crippen LogP contribution in [0, 0.1) is 19.3 Å². The summed E-state index contributed by atoms with van der Waals surface area (Å²) >= 11 is 0. The van der Waals surface area contributed by atoms with Crippen molar-refractivity contribution in [3.05, 3.63) is 42.8 Å². The minimum atomic E-state index is -1.31. The standard InChI is InChI=1S/C13H13F.C2H6.CH3.Y/c1-13(14)9-4-7-11-5-2-3-6-12(11)8-10-13;1-2;;/h2-3,5-6H,4,7,9H2,1H3;1-2H3;1H3;/q;;-1;. The monoisotopic (exact) mass is 322 g/mol. The topological polar surface area (TPSA) is 0 Å². The quantitative estimate of drug-likeness (QED) is 0.485. The fourth-order valence-corrected chi connectivity index (χ4v) is 1.73. The molecular weight excluding hydrogens is 300 g/mol. The third kappa shape index (κ3) is 6.12. The third-order valence-electron chi connectivity index (χ3n) is 2.57. The number of fused-ring (bicyclic) bond motifs is 1. The van der Waals surface area contributed by atoms with Gasteiger partial charge in [-0.25, -0.2) is 4.39 Å². The van der Waals surface area contributed by atoms with Crippen molar-refractivity contribution in [3.63, 3.8) is 0 Å². The van der Waals surface area contributed by atoms with Crippen molar-refractivity contribution in [1.82, 2.24) is 0 Å². The molecule has 1 aromatic rings. The molecule has 0 amide bonds. The normalized spacial score (nSPS) is 20.0. The molecule has 0 nitrogen and oxygen atoms in total. The Morgan fingerprint density at radius 1 is 1.22 bits per heavy atom. The van der Waals surface area contributed by atoms with Crippen molar-refractivity contribution in [2.45, 2.75) is 45.7 Å². The van der Waals surface area contributed by atoms with Crippen molar-refractivity contribution in [1.29, 1.82) is 0 Å².